The Morgan fingerprint density at radius 1 is 1.00 bits per heavy atom. The molecule has 2 N–H and O–H groups in total. The van der Waals surface area contributed by atoms with Gasteiger partial charge in [-0.3, -0.25) is 0 Å². The largest absolute Gasteiger partial charge is 0.488 e. The molecule has 0 saturated carbocycles. The van der Waals surface area contributed by atoms with Crippen LogP contribution in [0.15, 0.2) is 24.3 Å². The molecule has 100 valence electrons. The van der Waals surface area contributed by atoms with Crippen LogP contribution in [-0.2, 0) is 5.92 Å². The van der Waals surface area contributed by atoms with Gasteiger partial charge in [0.05, 0.1) is 0 Å². The summed E-state index contributed by atoms with van der Waals surface area (Å²) in [4.78, 5) is 0. The Morgan fingerprint density at radius 3 is 1.94 bits per heavy atom. The number of rotatable bonds is 4. The fraction of sp³-hybridized carbons (Fsp3) is 0.333. The predicted octanol–water partition coefficient (Wildman–Crippen LogP) is 1.36. The van der Waals surface area contributed by atoms with Crippen LogP contribution in [0.4, 0.5) is 26.3 Å². The van der Waals surface area contributed by atoms with Crippen molar-refractivity contribution in [1.82, 2.24) is 0 Å². The molecule has 0 spiro atoms. The Morgan fingerprint density at radius 2 is 1.50 bits per heavy atom. The Bertz CT molecular complexity index is 423. The Kier molecular flexibility index (Phi) is 3.97. The molecule has 1 aromatic rings. The number of benzene rings is 1. The first-order chi connectivity index (χ1) is 8.12. The number of alkyl halides is 6. The van der Waals surface area contributed by atoms with E-state index in [1.165, 1.54) is 0 Å². The van der Waals surface area contributed by atoms with E-state index in [1.807, 2.05) is 0 Å². The summed E-state index contributed by atoms with van der Waals surface area (Å²) >= 11 is 0. The summed E-state index contributed by atoms with van der Waals surface area (Å²) in [5.41, 5.74) is -2.51. The van der Waals surface area contributed by atoms with E-state index in [9.17, 15) is 26.3 Å². The van der Waals surface area contributed by atoms with E-state index in [2.05, 4.69) is 0 Å². The normalized spacial score (nSPS) is 12.9. The molecule has 0 radical (unpaired) electrons. The van der Waals surface area contributed by atoms with Crippen LogP contribution in [-0.4, -0.2) is 29.5 Å². The van der Waals surface area contributed by atoms with Gasteiger partial charge >= 0.3 is 25.4 Å². The second-order valence-electron chi connectivity index (χ2n) is 3.46. The molecular weight excluding hydrogens is 265 g/mol. The zero-order valence-corrected chi connectivity index (χ0v) is 8.63. The monoisotopic (exact) mass is 272 g/mol. The maximum Gasteiger partial charge on any atom is 0.488 e. The van der Waals surface area contributed by atoms with Crippen LogP contribution >= 0.6 is 0 Å². The maximum absolute atomic E-state index is 13.4. The molecule has 2 nitrogen and oxygen atoms in total. The molecule has 0 aromatic heterocycles. The zero-order valence-electron chi connectivity index (χ0n) is 8.63. The van der Waals surface area contributed by atoms with Crippen LogP contribution in [0.2, 0.25) is 0 Å². The fourth-order valence-electron chi connectivity index (χ4n) is 1.32. The molecule has 9 heteroatoms. The summed E-state index contributed by atoms with van der Waals surface area (Å²) in [5.74, 6) is -10.8. The quantitative estimate of drug-likeness (QED) is 0.641. The van der Waals surface area contributed by atoms with Crippen LogP contribution in [0.3, 0.4) is 0 Å². The van der Waals surface area contributed by atoms with Gasteiger partial charge in [-0.15, -0.1) is 0 Å². The molecule has 0 atom stereocenters. The summed E-state index contributed by atoms with van der Waals surface area (Å²) in [6.07, 6.45) is -4.59. The molecule has 1 rings (SSSR count). The van der Waals surface area contributed by atoms with Gasteiger partial charge in [0.15, 0.2) is 0 Å². The summed E-state index contributed by atoms with van der Waals surface area (Å²) in [6, 6.07) is 3.14. The van der Waals surface area contributed by atoms with Gasteiger partial charge in [-0.05, 0) is 5.46 Å². The van der Waals surface area contributed by atoms with E-state index < -0.39 is 36.4 Å². The van der Waals surface area contributed by atoms with Crippen LogP contribution < -0.4 is 5.46 Å². The molecule has 0 saturated heterocycles. The third-order valence-electron chi connectivity index (χ3n) is 2.27. The first kappa shape index (κ1) is 14.8. The van der Waals surface area contributed by atoms with Crippen LogP contribution in [0, 0.1) is 0 Å². The molecular formula is C9H7BF6O2. The highest BCUT2D eigenvalue weighted by molar-refractivity contribution is 6.59. The average Bonchev–Trinajstić information content (AvgIpc) is 2.28. The maximum atomic E-state index is 13.4. The lowest BCUT2D eigenvalue weighted by Crippen LogP contribution is -2.48. The SMILES string of the molecule is OB(O)c1ccccc1C(F)(F)C(F)(F)C(F)F. The second kappa shape index (κ2) is 4.81. The Balaban J connectivity index is 3.37. The van der Waals surface area contributed by atoms with Crippen LogP contribution in [0.5, 0.6) is 0 Å². The van der Waals surface area contributed by atoms with Crippen molar-refractivity contribution >= 4 is 12.6 Å². The summed E-state index contributed by atoms with van der Waals surface area (Å²) in [6.45, 7) is 0. The lowest BCUT2D eigenvalue weighted by Gasteiger charge is -2.27. The van der Waals surface area contributed by atoms with Gasteiger partial charge in [0, 0.05) is 5.56 Å². The van der Waals surface area contributed by atoms with Crippen molar-refractivity contribution in [2.24, 2.45) is 0 Å². The van der Waals surface area contributed by atoms with Crippen LogP contribution in [0.25, 0.3) is 0 Å². The number of hydrogen-bond donors (Lipinski definition) is 2. The molecule has 0 heterocycles. The first-order valence-electron chi connectivity index (χ1n) is 4.61. The van der Waals surface area contributed by atoms with E-state index in [0.717, 1.165) is 18.2 Å². The van der Waals surface area contributed by atoms with Crippen molar-refractivity contribution in [2.75, 3.05) is 0 Å². The lowest BCUT2D eigenvalue weighted by atomic mass is 9.75. The number of halogens is 6. The molecule has 1 aromatic carbocycles. The summed E-state index contributed by atoms with van der Waals surface area (Å²) < 4.78 is 76.2. The smallest absolute Gasteiger partial charge is 0.423 e. The van der Waals surface area contributed by atoms with Crippen molar-refractivity contribution < 1.29 is 36.4 Å². The van der Waals surface area contributed by atoms with Gasteiger partial charge in [-0.1, -0.05) is 24.3 Å². The van der Waals surface area contributed by atoms with Crippen LogP contribution in [0.1, 0.15) is 5.56 Å². The van der Waals surface area contributed by atoms with Gasteiger partial charge in [0.2, 0.25) is 0 Å². The highest BCUT2D eigenvalue weighted by Gasteiger charge is 2.64. The molecule has 0 unspecified atom stereocenters. The number of hydrogen-bond acceptors (Lipinski definition) is 2. The molecule has 0 aliphatic heterocycles. The summed E-state index contributed by atoms with van der Waals surface area (Å²) in [5, 5.41) is 17.5. The van der Waals surface area contributed by atoms with E-state index in [0.29, 0.717) is 6.07 Å². The fourth-order valence-corrected chi connectivity index (χ4v) is 1.32. The zero-order chi connectivity index (χ0) is 14.1. The van der Waals surface area contributed by atoms with Gasteiger partial charge in [-0.2, -0.15) is 17.6 Å². The molecule has 0 amide bonds. The molecule has 0 aliphatic rings. The first-order valence-corrected chi connectivity index (χ1v) is 4.61. The van der Waals surface area contributed by atoms with Gasteiger partial charge < -0.3 is 10.0 Å². The Labute approximate surface area is 98.0 Å². The van der Waals surface area contributed by atoms with E-state index >= 15 is 0 Å². The van der Waals surface area contributed by atoms with Crippen molar-refractivity contribution in [1.29, 1.82) is 0 Å². The highest BCUT2D eigenvalue weighted by atomic mass is 19.3. The van der Waals surface area contributed by atoms with E-state index in [1.54, 1.807) is 0 Å². The van der Waals surface area contributed by atoms with Gasteiger partial charge in [0.1, 0.15) is 0 Å². The minimum absolute atomic E-state index is 0.436. The third-order valence-corrected chi connectivity index (χ3v) is 2.27. The minimum Gasteiger partial charge on any atom is -0.423 e. The van der Waals surface area contributed by atoms with Crippen molar-refractivity contribution in [3.05, 3.63) is 29.8 Å². The highest BCUT2D eigenvalue weighted by Crippen LogP contribution is 2.45. The van der Waals surface area contributed by atoms with E-state index in [-0.39, 0.29) is 0 Å². The minimum atomic E-state index is -5.61. The predicted molar refractivity (Wildman–Crippen MR) is 51.1 cm³/mol. The average molecular weight is 272 g/mol. The van der Waals surface area contributed by atoms with Gasteiger partial charge in [-0.25, -0.2) is 8.78 Å². The van der Waals surface area contributed by atoms with Crippen molar-refractivity contribution in [3.8, 4) is 0 Å². The molecule has 0 fully saturated rings. The van der Waals surface area contributed by atoms with Crippen molar-refractivity contribution in [2.45, 2.75) is 18.3 Å². The van der Waals surface area contributed by atoms with E-state index in [4.69, 9.17) is 10.0 Å². The molecule has 18 heavy (non-hydrogen) atoms. The summed E-state index contributed by atoms with van der Waals surface area (Å²) in [7, 11) is -2.47. The third kappa shape index (κ3) is 2.32. The molecule has 0 bridgehead atoms. The topological polar surface area (TPSA) is 40.5 Å². The molecule has 0 aliphatic carbocycles. The second-order valence-corrected chi connectivity index (χ2v) is 3.46. The van der Waals surface area contributed by atoms with Gasteiger partial charge in [0.25, 0.3) is 0 Å². The van der Waals surface area contributed by atoms with Crippen molar-refractivity contribution in [3.63, 3.8) is 0 Å². The standard InChI is InChI=1S/C9H7BF6O2/c11-7(12)9(15,16)8(13,14)5-3-1-2-4-6(5)10(17)18/h1-4,7,17-18H. The lowest BCUT2D eigenvalue weighted by molar-refractivity contribution is -0.270. The Hall–Kier alpha value is -1.22.